The first kappa shape index (κ1) is 13.9. The van der Waals surface area contributed by atoms with Crippen LogP contribution < -0.4 is 10.1 Å². The van der Waals surface area contributed by atoms with Crippen molar-refractivity contribution >= 4 is 0 Å². The predicted molar refractivity (Wildman–Crippen MR) is 81.2 cm³/mol. The zero-order valence-electron chi connectivity index (χ0n) is 12.7. The lowest BCUT2D eigenvalue weighted by Gasteiger charge is -2.46. The summed E-state index contributed by atoms with van der Waals surface area (Å²) in [5, 5.41) is 3.50. The lowest BCUT2D eigenvalue weighted by atomic mass is 9.94. The summed E-state index contributed by atoms with van der Waals surface area (Å²) in [6.45, 7) is 6.45. The second kappa shape index (κ2) is 5.72. The number of nitrogens with one attached hydrogen (secondary N) is 1. The Morgan fingerprint density at radius 1 is 1.25 bits per heavy atom. The van der Waals surface area contributed by atoms with Gasteiger partial charge >= 0.3 is 0 Å². The van der Waals surface area contributed by atoms with Crippen molar-refractivity contribution in [1.29, 1.82) is 0 Å². The molecule has 1 fully saturated rings. The van der Waals surface area contributed by atoms with E-state index in [9.17, 15) is 0 Å². The molecule has 3 unspecified atom stereocenters. The standard InChI is InChI=1S/C16H25N3O/c1-12-10-19(9-8-18(12)3)14-11-20-15-7-5-4-6-13(15)16(14)17-2/h4-7,12,14,16-17H,8-11H2,1-3H3. The van der Waals surface area contributed by atoms with E-state index in [2.05, 4.69) is 54.3 Å². The number of benzene rings is 1. The van der Waals surface area contributed by atoms with Gasteiger partial charge in [-0.1, -0.05) is 18.2 Å². The second-order valence-electron chi connectivity index (χ2n) is 6.01. The lowest BCUT2D eigenvalue weighted by molar-refractivity contribution is 0.0278. The molecule has 4 heteroatoms. The van der Waals surface area contributed by atoms with E-state index in [1.54, 1.807) is 0 Å². The molecule has 0 aliphatic carbocycles. The normalized spacial score (nSPS) is 31.6. The van der Waals surface area contributed by atoms with Crippen LogP contribution in [0.25, 0.3) is 0 Å². The van der Waals surface area contributed by atoms with Gasteiger partial charge in [0.25, 0.3) is 0 Å². The summed E-state index contributed by atoms with van der Waals surface area (Å²) >= 11 is 0. The monoisotopic (exact) mass is 275 g/mol. The Balaban J connectivity index is 1.81. The topological polar surface area (TPSA) is 27.7 Å². The summed E-state index contributed by atoms with van der Waals surface area (Å²) in [4.78, 5) is 5.02. The third-order valence-electron chi connectivity index (χ3n) is 4.82. The van der Waals surface area contributed by atoms with Crippen molar-refractivity contribution < 1.29 is 4.74 Å². The van der Waals surface area contributed by atoms with Crippen LogP contribution in [0.4, 0.5) is 0 Å². The van der Waals surface area contributed by atoms with E-state index >= 15 is 0 Å². The first-order valence-electron chi connectivity index (χ1n) is 7.54. The Kier molecular flexibility index (Phi) is 3.96. The molecule has 2 aliphatic heterocycles. The van der Waals surface area contributed by atoms with E-state index in [0.717, 1.165) is 32.0 Å². The van der Waals surface area contributed by atoms with E-state index in [-0.39, 0.29) is 0 Å². The highest BCUT2D eigenvalue weighted by Gasteiger charge is 2.36. The summed E-state index contributed by atoms with van der Waals surface area (Å²) in [6, 6.07) is 9.79. The summed E-state index contributed by atoms with van der Waals surface area (Å²) in [5.41, 5.74) is 1.29. The van der Waals surface area contributed by atoms with E-state index in [0.29, 0.717) is 18.1 Å². The Hall–Kier alpha value is -1.10. The summed E-state index contributed by atoms with van der Waals surface area (Å²) in [5.74, 6) is 1.03. The van der Waals surface area contributed by atoms with Crippen molar-refractivity contribution in [3.63, 3.8) is 0 Å². The van der Waals surface area contributed by atoms with Crippen molar-refractivity contribution in [3.05, 3.63) is 29.8 Å². The van der Waals surface area contributed by atoms with Crippen LogP contribution >= 0.6 is 0 Å². The fourth-order valence-electron chi connectivity index (χ4n) is 3.39. The summed E-state index contributed by atoms with van der Waals surface area (Å²) in [7, 11) is 4.27. The Bertz CT molecular complexity index is 465. The largest absolute Gasteiger partial charge is 0.492 e. The molecule has 0 radical (unpaired) electrons. The van der Waals surface area contributed by atoms with Gasteiger partial charge in [0, 0.05) is 31.2 Å². The van der Waals surface area contributed by atoms with Gasteiger partial charge in [-0.2, -0.15) is 0 Å². The van der Waals surface area contributed by atoms with Gasteiger partial charge in [-0.25, -0.2) is 0 Å². The van der Waals surface area contributed by atoms with Gasteiger partial charge in [0.2, 0.25) is 0 Å². The number of para-hydroxylation sites is 1. The average Bonchev–Trinajstić information content (AvgIpc) is 2.49. The number of rotatable bonds is 2. The van der Waals surface area contributed by atoms with Crippen LogP contribution in [0.2, 0.25) is 0 Å². The molecule has 4 nitrogen and oxygen atoms in total. The minimum absolute atomic E-state index is 0.357. The minimum atomic E-state index is 0.357. The molecule has 1 N–H and O–H groups in total. The molecule has 0 aromatic heterocycles. The molecule has 2 heterocycles. The van der Waals surface area contributed by atoms with Crippen molar-refractivity contribution in [2.24, 2.45) is 0 Å². The molecule has 2 aliphatic rings. The molecule has 0 amide bonds. The summed E-state index contributed by atoms with van der Waals surface area (Å²) in [6.07, 6.45) is 0. The van der Waals surface area contributed by atoms with Gasteiger partial charge < -0.3 is 15.0 Å². The molecule has 110 valence electrons. The van der Waals surface area contributed by atoms with Crippen molar-refractivity contribution in [1.82, 2.24) is 15.1 Å². The fraction of sp³-hybridized carbons (Fsp3) is 0.625. The molecule has 20 heavy (non-hydrogen) atoms. The zero-order chi connectivity index (χ0) is 14.1. The van der Waals surface area contributed by atoms with Crippen LogP contribution in [0.1, 0.15) is 18.5 Å². The smallest absolute Gasteiger partial charge is 0.124 e. The number of likely N-dealkylation sites (N-methyl/N-ethyl adjacent to an activating group) is 2. The molecule has 0 bridgehead atoms. The number of nitrogens with zero attached hydrogens (tertiary/aromatic N) is 2. The lowest BCUT2D eigenvalue weighted by Crippen LogP contribution is -2.58. The van der Waals surface area contributed by atoms with Crippen LogP contribution in [-0.2, 0) is 0 Å². The van der Waals surface area contributed by atoms with E-state index in [1.165, 1.54) is 5.56 Å². The number of hydrogen-bond acceptors (Lipinski definition) is 4. The molecule has 3 rings (SSSR count). The van der Waals surface area contributed by atoms with Crippen LogP contribution in [0, 0.1) is 0 Å². The predicted octanol–water partition coefficient (Wildman–Crippen LogP) is 1.34. The Morgan fingerprint density at radius 2 is 2.05 bits per heavy atom. The van der Waals surface area contributed by atoms with Gasteiger partial charge in [0.15, 0.2) is 0 Å². The van der Waals surface area contributed by atoms with E-state index < -0.39 is 0 Å². The van der Waals surface area contributed by atoms with Crippen molar-refractivity contribution in [2.45, 2.75) is 25.0 Å². The van der Waals surface area contributed by atoms with Crippen LogP contribution in [0.5, 0.6) is 5.75 Å². The van der Waals surface area contributed by atoms with Gasteiger partial charge in [-0.3, -0.25) is 4.90 Å². The number of piperazine rings is 1. The second-order valence-corrected chi connectivity index (χ2v) is 6.01. The number of fused-ring (bicyclic) bond motifs is 1. The maximum absolute atomic E-state index is 5.99. The number of ether oxygens (including phenoxy) is 1. The van der Waals surface area contributed by atoms with E-state index in [1.807, 2.05) is 6.07 Å². The van der Waals surface area contributed by atoms with Crippen molar-refractivity contribution in [3.8, 4) is 5.75 Å². The molecule has 3 atom stereocenters. The molecular formula is C16H25N3O. The molecule has 0 spiro atoms. The number of hydrogen-bond donors (Lipinski definition) is 1. The van der Waals surface area contributed by atoms with Crippen LogP contribution in [0.3, 0.4) is 0 Å². The van der Waals surface area contributed by atoms with Crippen LogP contribution in [0.15, 0.2) is 24.3 Å². The Labute approximate surface area is 121 Å². The fourth-order valence-corrected chi connectivity index (χ4v) is 3.39. The highest BCUT2D eigenvalue weighted by atomic mass is 16.5. The molecule has 1 aromatic carbocycles. The highest BCUT2D eigenvalue weighted by Crippen LogP contribution is 2.34. The van der Waals surface area contributed by atoms with Crippen LogP contribution in [-0.4, -0.2) is 62.2 Å². The third-order valence-corrected chi connectivity index (χ3v) is 4.82. The molecule has 1 aromatic rings. The highest BCUT2D eigenvalue weighted by molar-refractivity contribution is 5.38. The first-order chi connectivity index (χ1) is 9.70. The minimum Gasteiger partial charge on any atom is -0.492 e. The Morgan fingerprint density at radius 3 is 2.80 bits per heavy atom. The molecule has 1 saturated heterocycles. The zero-order valence-corrected chi connectivity index (χ0v) is 12.7. The first-order valence-corrected chi connectivity index (χ1v) is 7.54. The van der Waals surface area contributed by atoms with Gasteiger partial charge in [0.05, 0.1) is 12.1 Å². The SMILES string of the molecule is CNC1c2ccccc2OCC1N1CCN(C)C(C)C1. The van der Waals surface area contributed by atoms with E-state index in [4.69, 9.17) is 4.74 Å². The van der Waals surface area contributed by atoms with Gasteiger partial charge in [-0.15, -0.1) is 0 Å². The van der Waals surface area contributed by atoms with Crippen molar-refractivity contribution in [2.75, 3.05) is 40.3 Å². The third kappa shape index (κ3) is 2.43. The average molecular weight is 275 g/mol. The quantitative estimate of drug-likeness (QED) is 0.881. The van der Waals surface area contributed by atoms with Gasteiger partial charge in [0.1, 0.15) is 12.4 Å². The maximum Gasteiger partial charge on any atom is 0.124 e. The maximum atomic E-state index is 5.99. The molecular weight excluding hydrogens is 250 g/mol. The molecule has 0 saturated carbocycles. The van der Waals surface area contributed by atoms with Gasteiger partial charge in [-0.05, 0) is 27.1 Å². The summed E-state index contributed by atoms with van der Waals surface area (Å²) < 4.78 is 5.99.